The van der Waals surface area contributed by atoms with E-state index in [-0.39, 0.29) is 17.2 Å². The van der Waals surface area contributed by atoms with Crippen LogP contribution in [0.3, 0.4) is 0 Å². The number of aromatic hydroxyl groups is 1. The first-order chi connectivity index (χ1) is 9.60. The maximum absolute atomic E-state index is 11.4. The van der Waals surface area contributed by atoms with Crippen molar-refractivity contribution in [3.05, 3.63) is 29.3 Å². The summed E-state index contributed by atoms with van der Waals surface area (Å²) in [6.07, 6.45) is 1.41. The van der Waals surface area contributed by atoms with E-state index in [2.05, 4.69) is 20.3 Å². The standard InChI is InChI=1S/C12H11N3O4S/c1-19-11(18)8-4-7(2-3-9(8)16)5-13-15-12-14-10(17)6-20-12/h2-5,16H,6H2,1H3,(H,14,15,17). The number of ether oxygens (including phenoxy) is 1. The third-order valence-electron chi connectivity index (χ3n) is 2.37. The molecule has 0 spiro atoms. The van der Waals surface area contributed by atoms with Crippen LogP contribution in [0, 0.1) is 0 Å². The summed E-state index contributed by atoms with van der Waals surface area (Å²) in [6.45, 7) is 0. The molecule has 1 aromatic rings. The first-order valence-corrected chi connectivity index (χ1v) is 6.53. The van der Waals surface area contributed by atoms with E-state index in [9.17, 15) is 14.7 Å². The number of hydrogen-bond donors (Lipinski definition) is 2. The second-order valence-electron chi connectivity index (χ2n) is 3.75. The molecule has 1 amide bonds. The van der Waals surface area contributed by atoms with Crippen molar-refractivity contribution in [2.24, 2.45) is 10.2 Å². The molecule has 1 fully saturated rings. The zero-order chi connectivity index (χ0) is 14.5. The molecule has 0 bridgehead atoms. The third kappa shape index (κ3) is 3.35. The Balaban J connectivity index is 2.13. The highest BCUT2D eigenvalue weighted by Gasteiger charge is 2.16. The third-order valence-corrected chi connectivity index (χ3v) is 3.23. The lowest BCUT2D eigenvalue weighted by Gasteiger charge is -2.02. The summed E-state index contributed by atoms with van der Waals surface area (Å²) >= 11 is 1.26. The largest absolute Gasteiger partial charge is 0.507 e. The number of nitrogens with one attached hydrogen (secondary N) is 1. The molecule has 1 aliphatic rings. The molecule has 1 heterocycles. The summed E-state index contributed by atoms with van der Waals surface area (Å²) in [5, 5.41) is 20.1. The molecule has 1 saturated heterocycles. The highest BCUT2D eigenvalue weighted by molar-refractivity contribution is 8.15. The zero-order valence-corrected chi connectivity index (χ0v) is 11.3. The van der Waals surface area contributed by atoms with Crippen LogP contribution in [0.5, 0.6) is 5.75 Å². The van der Waals surface area contributed by atoms with Gasteiger partial charge in [-0.2, -0.15) is 5.10 Å². The molecule has 2 N–H and O–H groups in total. The highest BCUT2D eigenvalue weighted by Crippen LogP contribution is 2.18. The first kappa shape index (κ1) is 14.1. The molecule has 0 aliphatic carbocycles. The van der Waals surface area contributed by atoms with Gasteiger partial charge in [-0.25, -0.2) is 4.79 Å². The summed E-state index contributed by atoms with van der Waals surface area (Å²) in [5.41, 5.74) is 0.620. The van der Waals surface area contributed by atoms with Gasteiger partial charge in [-0.15, -0.1) is 5.10 Å². The van der Waals surface area contributed by atoms with Crippen molar-refractivity contribution in [3.8, 4) is 5.75 Å². The van der Waals surface area contributed by atoms with Crippen LogP contribution in [0.2, 0.25) is 0 Å². The number of methoxy groups -OCH3 is 1. The van der Waals surface area contributed by atoms with Gasteiger partial charge >= 0.3 is 5.97 Å². The van der Waals surface area contributed by atoms with Crippen LogP contribution in [0.25, 0.3) is 0 Å². The molecule has 7 nitrogen and oxygen atoms in total. The van der Waals surface area contributed by atoms with Gasteiger partial charge in [0.1, 0.15) is 11.3 Å². The van der Waals surface area contributed by atoms with Crippen molar-refractivity contribution in [2.75, 3.05) is 12.9 Å². The smallest absolute Gasteiger partial charge is 0.341 e. The molecule has 0 radical (unpaired) electrons. The number of hydrogen-bond acceptors (Lipinski definition) is 7. The number of thioether (sulfide) groups is 1. The molecule has 104 valence electrons. The molecular formula is C12H11N3O4S. The van der Waals surface area contributed by atoms with Gasteiger partial charge in [-0.1, -0.05) is 11.8 Å². The number of esters is 1. The van der Waals surface area contributed by atoms with Gasteiger partial charge < -0.3 is 15.2 Å². The molecule has 0 saturated carbocycles. The number of phenols is 1. The Labute approximate surface area is 118 Å². The number of amidine groups is 1. The second-order valence-corrected chi connectivity index (χ2v) is 4.72. The summed E-state index contributed by atoms with van der Waals surface area (Å²) in [4.78, 5) is 22.3. The number of amides is 1. The molecule has 20 heavy (non-hydrogen) atoms. The van der Waals surface area contributed by atoms with Gasteiger partial charge in [0.15, 0.2) is 5.17 Å². The monoisotopic (exact) mass is 293 g/mol. The van der Waals surface area contributed by atoms with Crippen molar-refractivity contribution in [3.63, 3.8) is 0 Å². The van der Waals surface area contributed by atoms with Gasteiger partial charge in [-0.3, -0.25) is 4.79 Å². The topological polar surface area (TPSA) is 100 Å². The van der Waals surface area contributed by atoms with E-state index in [1.54, 1.807) is 6.07 Å². The van der Waals surface area contributed by atoms with Gasteiger partial charge in [0, 0.05) is 0 Å². The molecule has 1 aliphatic heterocycles. The van der Waals surface area contributed by atoms with E-state index in [1.807, 2.05) is 0 Å². The molecule has 0 atom stereocenters. The van der Waals surface area contributed by atoms with Crippen LogP contribution < -0.4 is 5.32 Å². The van der Waals surface area contributed by atoms with E-state index in [1.165, 1.54) is 37.2 Å². The number of carbonyl (C=O) groups excluding carboxylic acids is 2. The lowest BCUT2D eigenvalue weighted by atomic mass is 10.1. The highest BCUT2D eigenvalue weighted by atomic mass is 32.2. The normalized spacial score (nSPS) is 16.6. The minimum Gasteiger partial charge on any atom is -0.507 e. The van der Waals surface area contributed by atoms with E-state index in [4.69, 9.17) is 0 Å². The van der Waals surface area contributed by atoms with Crippen molar-refractivity contribution < 1.29 is 19.4 Å². The van der Waals surface area contributed by atoms with Gasteiger partial charge in [0.25, 0.3) is 0 Å². The number of benzene rings is 1. The maximum atomic E-state index is 11.4. The van der Waals surface area contributed by atoms with Crippen LogP contribution in [0.4, 0.5) is 0 Å². The van der Waals surface area contributed by atoms with Crippen LogP contribution in [0.15, 0.2) is 28.4 Å². The Morgan fingerprint density at radius 2 is 2.35 bits per heavy atom. The van der Waals surface area contributed by atoms with Crippen molar-refractivity contribution in [2.45, 2.75) is 0 Å². The summed E-state index contributed by atoms with van der Waals surface area (Å²) in [6, 6.07) is 4.38. The van der Waals surface area contributed by atoms with E-state index in [0.29, 0.717) is 16.5 Å². The van der Waals surface area contributed by atoms with Crippen molar-refractivity contribution >= 4 is 35.0 Å². The average Bonchev–Trinajstić information content (AvgIpc) is 2.85. The van der Waals surface area contributed by atoms with E-state index < -0.39 is 5.97 Å². The van der Waals surface area contributed by atoms with E-state index >= 15 is 0 Å². The molecule has 0 aromatic heterocycles. The fraction of sp³-hybridized carbons (Fsp3) is 0.167. The Morgan fingerprint density at radius 3 is 3.00 bits per heavy atom. The van der Waals surface area contributed by atoms with Crippen molar-refractivity contribution in [1.29, 1.82) is 0 Å². The lowest BCUT2D eigenvalue weighted by Crippen LogP contribution is -2.19. The fourth-order valence-corrected chi connectivity index (χ4v) is 2.07. The first-order valence-electron chi connectivity index (χ1n) is 5.55. The number of carbonyl (C=O) groups is 2. The Bertz CT molecular complexity index is 613. The second kappa shape index (κ2) is 6.20. The van der Waals surface area contributed by atoms with Crippen molar-refractivity contribution in [1.82, 2.24) is 5.32 Å². The molecule has 8 heteroatoms. The van der Waals surface area contributed by atoms with Crippen LogP contribution in [0.1, 0.15) is 15.9 Å². The number of phenolic OH excluding ortho intramolecular Hbond substituents is 1. The predicted octanol–water partition coefficient (Wildman–Crippen LogP) is 0.732. The predicted molar refractivity (Wildman–Crippen MR) is 75.1 cm³/mol. The van der Waals surface area contributed by atoms with E-state index in [0.717, 1.165) is 0 Å². The number of nitrogens with zero attached hydrogens (tertiary/aromatic N) is 2. The van der Waals surface area contributed by atoms with Crippen LogP contribution in [-0.4, -0.2) is 41.2 Å². The Morgan fingerprint density at radius 1 is 1.55 bits per heavy atom. The minimum absolute atomic E-state index is 0.0487. The average molecular weight is 293 g/mol. The minimum atomic E-state index is -0.636. The summed E-state index contributed by atoms with van der Waals surface area (Å²) in [5.74, 6) is -0.580. The molecular weight excluding hydrogens is 282 g/mol. The quantitative estimate of drug-likeness (QED) is 0.486. The lowest BCUT2D eigenvalue weighted by molar-refractivity contribution is -0.116. The SMILES string of the molecule is COC(=O)c1cc(C=NN=C2NC(=O)CS2)ccc1O. The molecule has 0 unspecified atom stereocenters. The Kier molecular flexibility index (Phi) is 4.36. The maximum Gasteiger partial charge on any atom is 0.341 e. The van der Waals surface area contributed by atoms with Gasteiger partial charge in [-0.05, 0) is 23.8 Å². The van der Waals surface area contributed by atoms with Gasteiger partial charge in [0.05, 0.1) is 19.1 Å². The molecule has 1 aromatic carbocycles. The van der Waals surface area contributed by atoms with Crippen LogP contribution >= 0.6 is 11.8 Å². The summed E-state index contributed by atoms with van der Waals surface area (Å²) in [7, 11) is 1.23. The van der Waals surface area contributed by atoms with Crippen LogP contribution in [-0.2, 0) is 9.53 Å². The molecule has 2 rings (SSSR count). The zero-order valence-electron chi connectivity index (χ0n) is 10.5. The van der Waals surface area contributed by atoms with Gasteiger partial charge in [0.2, 0.25) is 5.91 Å². The fourth-order valence-electron chi connectivity index (χ4n) is 1.43. The summed E-state index contributed by atoms with van der Waals surface area (Å²) < 4.78 is 4.55. The Hall–Kier alpha value is -2.35. The number of rotatable bonds is 3.